The number of benzene rings is 1. The van der Waals surface area contributed by atoms with Gasteiger partial charge in [-0.1, -0.05) is 0 Å². The van der Waals surface area contributed by atoms with Crippen LogP contribution in [0, 0.1) is 20.8 Å². The summed E-state index contributed by atoms with van der Waals surface area (Å²) in [6, 6.07) is 1.80. The lowest BCUT2D eigenvalue weighted by molar-refractivity contribution is 0.457. The van der Waals surface area contributed by atoms with E-state index in [1.165, 1.54) is 11.4 Å². The molecular weight excluding hydrogens is 288 g/mol. The Morgan fingerprint density at radius 2 is 1.95 bits per heavy atom. The maximum atomic E-state index is 12.8. The number of aromatic amines is 1. The van der Waals surface area contributed by atoms with Crippen molar-refractivity contribution < 1.29 is 8.42 Å². The zero-order valence-electron chi connectivity index (χ0n) is 12.6. The lowest BCUT2D eigenvalue weighted by Crippen LogP contribution is -2.28. The molecule has 0 aliphatic rings. The molecule has 1 aromatic carbocycles. The van der Waals surface area contributed by atoms with Gasteiger partial charge in [-0.2, -0.15) is 4.31 Å². The van der Waals surface area contributed by atoms with E-state index in [9.17, 15) is 8.42 Å². The highest BCUT2D eigenvalue weighted by Crippen LogP contribution is 2.30. The first-order chi connectivity index (χ1) is 9.75. The number of H-pyrrole nitrogens is 1. The Bertz CT molecular complexity index is 726. The highest BCUT2D eigenvalue weighted by molar-refractivity contribution is 7.89. The number of nitrogens with two attached hydrogens (primary N) is 1. The Labute approximate surface area is 125 Å². The van der Waals surface area contributed by atoms with Gasteiger partial charge in [-0.05, 0) is 43.5 Å². The molecular formula is C14H20N4O2S. The topological polar surface area (TPSA) is 92.1 Å². The highest BCUT2D eigenvalue weighted by atomic mass is 32.2. The van der Waals surface area contributed by atoms with Crippen LogP contribution in [0.2, 0.25) is 0 Å². The molecule has 0 unspecified atom stereocenters. The smallest absolute Gasteiger partial charge is 0.243 e. The third kappa shape index (κ3) is 2.79. The fourth-order valence-corrected chi connectivity index (χ4v) is 3.92. The molecule has 0 spiro atoms. The first-order valence-electron chi connectivity index (χ1n) is 6.56. The van der Waals surface area contributed by atoms with E-state index in [1.54, 1.807) is 32.3 Å². The van der Waals surface area contributed by atoms with Crippen LogP contribution in [0.15, 0.2) is 23.4 Å². The van der Waals surface area contributed by atoms with Crippen LogP contribution >= 0.6 is 0 Å². The van der Waals surface area contributed by atoms with Gasteiger partial charge in [0.1, 0.15) is 5.82 Å². The third-order valence-electron chi connectivity index (χ3n) is 3.67. The second kappa shape index (κ2) is 5.50. The van der Waals surface area contributed by atoms with Gasteiger partial charge in [0.15, 0.2) is 0 Å². The number of hydrogen-bond acceptors (Lipinski definition) is 4. The predicted molar refractivity (Wildman–Crippen MR) is 82.3 cm³/mol. The molecule has 21 heavy (non-hydrogen) atoms. The van der Waals surface area contributed by atoms with E-state index in [4.69, 9.17) is 5.73 Å². The minimum absolute atomic E-state index is 0.183. The molecule has 7 heteroatoms. The first-order valence-corrected chi connectivity index (χ1v) is 8.00. The van der Waals surface area contributed by atoms with E-state index in [2.05, 4.69) is 9.97 Å². The van der Waals surface area contributed by atoms with Crippen molar-refractivity contribution in [2.24, 2.45) is 0 Å². The summed E-state index contributed by atoms with van der Waals surface area (Å²) in [5.41, 5.74) is 8.59. The van der Waals surface area contributed by atoms with Crippen LogP contribution in [0.25, 0.3) is 0 Å². The fourth-order valence-electron chi connectivity index (χ4n) is 2.26. The molecule has 0 saturated heterocycles. The van der Waals surface area contributed by atoms with Crippen LogP contribution in [0.1, 0.15) is 22.5 Å². The number of aromatic nitrogens is 2. The summed E-state index contributed by atoms with van der Waals surface area (Å²) in [6.07, 6.45) is 3.26. The molecule has 0 fully saturated rings. The van der Waals surface area contributed by atoms with Crippen molar-refractivity contribution in [1.29, 1.82) is 0 Å². The lowest BCUT2D eigenvalue weighted by atomic mass is 10.1. The van der Waals surface area contributed by atoms with Gasteiger partial charge in [0.05, 0.1) is 11.4 Å². The number of nitrogen functional groups attached to an aromatic ring is 1. The van der Waals surface area contributed by atoms with E-state index in [0.29, 0.717) is 17.1 Å². The van der Waals surface area contributed by atoms with Crippen molar-refractivity contribution in [3.63, 3.8) is 0 Å². The zero-order chi connectivity index (χ0) is 15.8. The molecule has 6 nitrogen and oxygen atoms in total. The molecule has 1 aromatic heterocycles. The van der Waals surface area contributed by atoms with Crippen molar-refractivity contribution in [2.45, 2.75) is 32.2 Å². The molecule has 0 bridgehead atoms. The van der Waals surface area contributed by atoms with E-state index in [0.717, 1.165) is 11.1 Å². The molecule has 0 aliphatic heterocycles. The molecule has 0 radical (unpaired) electrons. The van der Waals surface area contributed by atoms with Crippen LogP contribution in [-0.4, -0.2) is 29.7 Å². The first kappa shape index (κ1) is 15.5. The second-order valence-electron chi connectivity index (χ2n) is 5.16. The average Bonchev–Trinajstić information content (AvgIpc) is 2.89. The number of aryl methyl sites for hydroxylation is 1. The average molecular weight is 308 g/mol. The van der Waals surface area contributed by atoms with Crippen molar-refractivity contribution in [1.82, 2.24) is 14.3 Å². The van der Waals surface area contributed by atoms with Crippen LogP contribution in [0.3, 0.4) is 0 Å². The standard InChI is InChI=1S/C14H20N4O2S/c1-9-7-12(15)11(3)14(10(9)2)21(19,20)18(4)8-13-16-5-6-17-13/h5-7H,8,15H2,1-4H3,(H,16,17). The summed E-state index contributed by atoms with van der Waals surface area (Å²) in [5.74, 6) is 0.594. The quantitative estimate of drug-likeness (QED) is 0.841. The maximum Gasteiger partial charge on any atom is 0.243 e. The minimum atomic E-state index is -3.63. The Kier molecular flexibility index (Phi) is 4.06. The van der Waals surface area contributed by atoms with Gasteiger partial charge in [0.2, 0.25) is 10.0 Å². The van der Waals surface area contributed by atoms with Crippen molar-refractivity contribution >= 4 is 15.7 Å². The number of sulfonamides is 1. The van der Waals surface area contributed by atoms with Crippen molar-refractivity contribution in [2.75, 3.05) is 12.8 Å². The molecule has 0 amide bonds. The molecule has 3 N–H and O–H groups in total. The third-order valence-corrected chi connectivity index (χ3v) is 5.75. The van der Waals surface area contributed by atoms with Crippen LogP contribution in [0.4, 0.5) is 5.69 Å². The highest BCUT2D eigenvalue weighted by Gasteiger charge is 2.27. The molecule has 2 rings (SSSR count). The molecule has 2 aromatic rings. The lowest BCUT2D eigenvalue weighted by Gasteiger charge is -2.21. The van der Waals surface area contributed by atoms with Crippen molar-refractivity contribution in [3.05, 3.63) is 41.0 Å². The van der Waals surface area contributed by atoms with Gasteiger partial charge >= 0.3 is 0 Å². The molecule has 114 valence electrons. The molecule has 1 heterocycles. The fraction of sp³-hybridized carbons (Fsp3) is 0.357. The number of nitrogens with one attached hydrogen (secondary N) is 1. The van der Waals surface area contributed by atoms with Gasteiger partial charge in [-0.25, -0.2) is 13.4 Å². The van der Waals surface area contributed by atoms with Gasteiger partial charge in [-0.15, -0.1) is 0 Å². The minimum Gasteiger partial charge on any atom is -0.398 e. The largest absolute Gasteiger partial charge is 0.398 e. The Balaban J connectivity index is 2.49. The molecule has 0 aliphatic carbocycles. The second-order valence-corrected chi connectivity index (χ2v) is 7.14. The van der Waals surface area contributed by atoms with E-state index in [-0.39, 0.29) is 11.4 Å². The van der Waals surface area contributed by atoms with Crippen LogP contribution in [0.5, 0.6) is 0 Å². The summed E-state index contributed by atoms with van der Waals surface area (Å²) in [5, 5.41) is 0. The van der Waals surface area contributed by atoms with Gasteiger partial charge in [0.25, 0.3) is 0 Å². The van der Waals surface area contributed by atoms with E-state index < -0.39 is 10.0 Å². The predicted octanol–water partition coefficient (Wildman–Crippen LogP) is 1.74. The molecule has 0 atom stereocenters. The van der Waals surface area contributed by atoms with Gasteiger partial charge in [-0.3, -0.25) is 0 Å². The SMILES string of the molecule is Cc1cc(N)c(C)c(S(=O)(=O)N(C)Cc2ncc[nH]2)c1C. The number of nitrogens with zero attached hydrogens (tertiary/aromatic N) is 2. The Morgan fingerprint density at radius 1 is 1.29 bits per heavy atom. The summed E-state index contributed by atoms with van der Waals surface area (Å²) < 4.78 is 26.9. The van der Waals surface area contributed by atoms with Crippen molar-refractivity contribution in [3.8, 4) is 0 Å². The summed E-state index contributed by atoms with van der Waals surface area (Å²) in [4.78, 5) is 7.24. The number of rotatable bonds is 4. The van der Waals surface area contributed by atoms with Gasteiger partial charge in [0, 0.05) is 25.1 Å². The summed E-state index contributed by atoms with van der Waals surface area (Å²) >= 11 is 0. The number of imidazole rings is 1. The Hall–Kier alpha value is -1.86. The van der Waals surface area contributed by atoms with Gasteiger partial charge < -0.3 is 10.7 Å². The Morgan fingerprint density at radius 3 is 2.52 bits per heavy atom. The summed E-state index contributed by atoms with van der Waals surface area (Å²) in [6.45, 7) is 5.57. The van der Waals surface area contributed by atoms with Crippen LogP contribution in [-0.2, 0) is 16.6 Å². The number of hydrogen-bond donors (Lipinski definition) is 2. The van der Waals surface area contributed by atoms with E-state index >= 15 is 0 Å². The van der Waals surface area contributed by atoms with E-state index in [1.807, 2.05) is 6.92 Å². The summed E-state index contributed by atoms with van der Waals surface area (Å²) in [7, 11) is -2.09. The van der Waals surface area contributed by atoms with Crippen LogP contribution < -0.4 is 5.73 Å². The normalized spacial score (nSPS) is 12.0. The number of anilines is 1. The molecule has 0 saturated carbocycles. The maximum absolute atomic E-state index is 12.8. The zero-order valence-corrected chi connectivity index (χ0v) is 13.5. The monoisotopic (exact) mass is 308 g/mol.